The van der Waals surface area contributed by atoms with E-state index >= 15 is 0 Å². The number of carbonyl (C=O) groups excluding carboxylic acids is 1. The molecule has 1 aromatic heterocycles. The topological polar surface area (TPSA) is 82.5 Å². The average molecular weight is 580 g/mol. The number of amides is 1. The van der Waals surface area contributed by atoms with Crippen LogP contribution in [0.4, 0.5) is 0 Å². The maximum atomic E-state index is 13.5. The zero-order chi connectivity index (χ0) is 28.3. The molecule has 1 fully saturated rings. The van der Waals surface area contributed by atoms with E-state index in [1.807, 2.05) is 61.3 Å². The van der Waals surface area contributed by atoms with Crippen molar-refractivity contribution in [2.75, 3.05) is 18.6 Å². The molecule has 2 aromatic carbocycles. The Bertz CT molecular complexity index is 1240. The fourth-order valence-corrected chi connectivity index (χ4v) is 6.68. The van der Waals surface area contributed by atoms with Crippen molar-refractivity contribution < 1.29 is 14.7 Å². The first-order valence-corrected chi connectivity index (χ1v) is 16.5. The quantitative estimate of drug-likeness (QED) is 0.213. The lowest BCUT2D eigenvalue weighted by atomic mass is 9.87. The van der Waals surface area contributed by atoms with Crippen molar-refractivity contribution in [3.63, 3.8) is 0 Å². The van der Waals surface area contributed by atoms with Crippen molar-refractivity contribution in [3.8, 4) is 11.1 Å². The van der Waals surface area contributed by atoms with E-state index in [1.54, 1.807) is 23.1 Å². The van der Waals surface area contributed by atoms with Gasteiger partial charge in [0.1, 0.15) is 6.04 Å². The number of carbonyl (C=O) groups is 2. The average Bonchev–Trinajstić information content (AvgIpc) is 3.47. The van der Waals surface area contributed by atoms with E-state index in [4.69, 9.17) is 0 Å². The number of nitrogens with zero attached hydrogens (tertiary/aromatic N) is 2. The number of aliphatic carboxylic acids is 1. The van der Waals surface area contributed by atoms with Gasteiger partial charge in [-0.05, 0) is 78.6 Å². The lowest BCUT2D eigenvalue weighted by molar-refractivity contribution is -0.139. The molecule has 1 heterocycles. The highest BCUT2D eigenvalue weighted by molar-refractivity contribution is 7.98. The van der Waals surface area contributed by atoms with Crippen LogP contribution >= 0.6 is 23.1 Å². The summed E-state index contributed by atoms with van der Waals surface area (Å²) in [6.07, 6.45) is 12.2. The van der Waals surface area contributed by atoms with Gasteiger partial charge in [-0.15, -0.1) is 11.3 Å². The predicted octanol–water partition coefficient (Wildman–Crippen LogP) is 7.03. The van der Waals surface area contributed by atoms with Crippen LogP contribution in [-0.4, -0.2) is 51.5 Å². The number of aromatic nitrogens is 1. The van der Waals surface area contributed by atoms with Gasteiger partial charge in [-0.25, -0.2) is 4.79 Å². The predicted molar refractivity (Wildman–Crippen MR) is 166 cm³/mol. The Morgan fingerprint density at radius 3 is 2.62 bits per heavy atom. The summed E-state index contributed by atoms with van der Waals surface area (Å²) in [5, 5.41) is 12.5. The largest absolute Gasteiger partial charge is 0.480 e. The van der Waals surface area contributed by atoms with Crippen LogP contribution in [0.25, 0.3) is 11.1 Å². The fourth-order valence-electron chi connectivity index (χ4n) is 5.57. The molecule has 40 heavy (non-hydrogen) atoms. The molecule has 2 N–H and O–H groups in total. The number of hydrogen-bond acceptors (Lipinski definition) is 6. The van der Waals surface area contributed by atoms with Crippen LogP contribution in [0.15, 0.2) is 54.2 Å². The van der Waals surface area contributed by atoms with Crippen LogP contribution in [0.3, 0.4) is 0 Å². The molecule has 3 aromatic rings. The molecular weight excluding hydrogens is 539 g/mol. The summed E-state index contributed by atoms with van der Waals surface area (Å²) in [7, 11) is 0. The Kier molecular flexibility index (Phi) is 11.6. The lowest BCUT2D eigenvalue weighted by Crippen LogP contribution is -2.41. The number of nitrogens with one attached hydrogen (secondary N) is 1. The second-order valence-electron chi connectivity index (χ2n) is 10.8. The lowest BCUT2D eigenvalue weighted by Gasteiger charge is -2.27. The highest BCUT2D eigenvalue weighted by atomic mass is 32.2. The molecule has 1 aliphatic carbocycles. The van der Waals surface area contributed by atoms with Gasteiger partial charge < -0.3 is 10.4 Å². The third kappa shape index (κ3) is 8.66. The number of rotatable bonds is 14. The van der Waals surface area contributed by atoms with Crippen molar-refractivity contribution in [2.45, 2.75) is 71.0 Å². The normalized spacial score (nSPS) is 14.8. The van der Waals surface area contributed by atoms with E-state index in [0.29, 0.717) is 17.7 Å². The molecular formula is C32H41N3O3S2. The third-order valence-corrected chi connectivity index (χ3v) is 9.23. The SMILES string of the molecule is CSCC[C@H](NC(=O)c1ccc(CN(CCC2CCCCC2)Cc2cncs2)cc1-c1ccccc1C)C(=O)O. The molecule has 0 aliphatic heterocycles. The maximum absolute atomic E-state index is 13.5. The molecule has 0 bridgehead atoms. The Labute approximate surface area is 246 Å². The van der Waals surface area contributed by atoms with E-state index in [1.165, 1.54) is 43.4 Å². The summed E-state index contributed by atoms with van der Waals surface area (Å²) in [6.45, 7) is 4.70. The highest BCUT2D eigenvalue weighted by Gasteiger charge is 2.23. The van der Waals surface area contributed by atoms with Crippen LogP contribution in [0.1, 0.15) is 71.3 Å². The minimum Gasteiger partial charge on any atom is -0.480 e. The summed E-state index contributed by atoms with van der Waals surface area (Å²) < 4.78 is 0. The van der Waals surface area contributed by atoms with Crippen molar-refractivity contribution >= 4 is 35.0 Å². The molecule has 8 heteroatoms. The molecule has 1 saturated carbocycles. The van der Waals surface area contributed by atoms with E-state index in [9.17, 15) is 14.7 Å². The summed E-state index contributed by atoms with van der Waals surface area (Å²) in [5.74, 6) is 0.113. The molecule has 1 aliphatic rings. The number of thiazole rings is 1. The number of carboxylic acid groups (broad SMARTS) is 1. The second kappa shape index (κ2) is 15.4. The van der Waals surface area contributed by atoms with Crippen molar-refractivity contribution in [3.05, 3.63) is 75.7 Å². The van der Waals surface area contributed by atoms with Crippen LogP contribution < -0.4 is 5.32 Å². The van der Waals surface area contributed by atoms with E-state index in [2.05, 4.69) is 21.3 Å². The standard InChI is InChI=1S/C32H41N3O3S2/c1-23-8-6-7-11-27(23)29-18-25(12-13-28(29)31(36)34-30(32(37)38)15-17-39-2)20-35(21-26-19-33-22-40-26)16-14-24-9-4-3-5-10-24/h6-8,11-13,18-19,22,24,30H,3-5,9-10,14-17,20-21H2,1-2H3,(H,34,36)(H,37,38)/t30-/m0/s1. The molecule has 0 radical (unpaired) electrons. The minimum absolute atomic E-state index is 0.350. The van der Waals surface area contributed by atoms with Crippen molar-refractivity contribution in [2.24, 2.45) is 5.92 Å². The molecule has 4 rings (SSSR count). The minimum atomic E-state index is -1.01. The van der Waals surface area contributed by atoms with Gasteiger partial charge in [0.2, 0.25) is 0 Å². The van der Waals surface area contributed by atoms with Crippen molar-refractivity contribution in [1.29, 1.82) is 0 Å². The first-order chi connectivity index (χ1) is 19.4. The fraction of sp³-hybridized carbons (Fsp3) is 0.469. The zero-order valence-electron chi connectivity index (χ0n) is 23.6. The van der Waals surface area contributed by atoms with Gasteiger partial charge in [0.15, 0.2) is 0 Å². The van der Waals surface area contributed by atoms with E-state index in [-0.39, 0.29) is 5.91 Å². The summed E-state index contributed by atoms with van der Waals surface area (Å²) in [4.78, 5) is 33.3. The molecule has 0 unspecified atom stereocenters. The van der Waals surface area contributed by atoms with Gasteiger partial charge in [-0.1, -0.05) is 62.4 Å². The second-order valence-corrected chi connectivity index (χ2v) is 12.8. The monoisotopic (exact) mass is 579 g/mol. The summed E-state index contributed by atoms with van der Waals surface area (Å²) in [5.41, 5.74) is 6.44. The molecule has 1 atom stereocenters. The number of thioether (sulfide) groups is 1. The van der Waals surface area contributed by atoms with E-state index < -0.39 is 12.0 Å². The first kappa shape index (κ1) is 30.3. The van der Waals surface area contributed by atoms with Gasteiger partial charge in [-0.3, -0.25) is 14.7 Å². The summed E-state index contributed by atoms with van der Waals surface area (Å²) in [6, 6.07) is 13.1. The number of aryl methyl sites for hydroxylation is 1. The third-order valence-electron chi connectivity index (χ3n) is 7.83. The number of hydrogen-bond donors (Lipinski definition) is 2. The number of carboxylic acids is 1. The Morgan fingerprint density at radius 2 is 1.93 bits per heavy atom. The molecule has 214 valence electrons. The summed E-state index contributed by atoms with van der Waals surface area (Å²) >= 11 is 3.26. The Hall–Kier alpha value is -2.68. The first-order valence-electron chi connectivity index (χ1n) is 14.3. The van der Waals surface area contributed by atoms with Gasteiger partial charge in [0.05, 0.1) is 5.51 Å². The van der Waals surface area contributed by atoms with Crippen molar-refractivity contribution in [1.82, 2.24) is 15.2 Å². The number of benzene rings is 2. The Morgan fingerprint density at radius 1 is 1.12 bits per heavy atom. The maximum Gasteiger partial charge on any atom is 0.326 e. The van der Waals surface area contributed by atoms with Gasteiger partial charge >= 0.3 is 5.97 Å². The van der Waals surface area contributed by atoms with Crippen LogP contribution in [0, 0.1) is 12.8 Å². The Balaban J connectivity index is 1.60. The van der Waals surface area contributed by atoms with E-state index in [0.717, 1.165) is 47.8 Å². The zero-order valence-corrected chi connectivity index (χ0v) is 25.2. The van der Waals surface area contributed by atoms with Gasteiger partial charge in [0, 0.05) is 29.7 Å². The van der Waals surface area contributed by atoms with Crippen LogP contribution in [0.5, 0.6) is 0 Å². The molecule has 1 amide bonds. The van der Waals surface area contributed by atoms with Gasteiger partial charge in [0.25, 0.3) is 5.91 Å². The molecule has 0 saturated heterocycles. The molecule has 6 nitrogen and oxygen atoms in total. The van der Waals surface area contributed by atoms with Gasteiger partial charge in [-0.2, -0.15) is 11.8 Å². The molecule has 0 spiro atoms. The smallest absolute Gasteiger partial charge is 0.326 e. The van der Waals surface area contributed by atoms with Crippen LogP contribution in [0.2, 0.25) is 0 Å². The van der Waals surface area contributed by atoms with Crippen LogP contribution in [-0.2, 0) is 17.9 Å². The highest BCUT2D eigenvalue weighted by Crippen LogP contribution is 2.30.